The van der Waals surface area contributed by atoms with E-state index >= 15 is 0 Å². The molecule has 0 spiro atoms. The van der Waals surface area contributed by atoms with Crippen molar-refractivity contribution in [2.75, 3.05) is 13.1 Å². The molecule has 0 aromatic carbocycles. The monoisotopic (exact) mass is 133 g/mol. The van der Waals surface area contributed by atoms with Crippen molar-refractivity contribution in [1.82, 2.24) is 4.90 Å². The molecule has 0 atom stereocenters. The molecular formula is C5H8ClNO. The maximum absolute atomic E-state index is 10.2. The van der Waals surface area contributed by atoms with E-state index in [4.69, 9.17) is 11.6 Å². The predicted octanol–water partition coefficient (Wildman–Crippen LogP) is 1.32. The maximum atomic E-state index is 10.2. The molecule has 0 unspecified atom stereocenters. The van der Waals surface area contributed by atoms with Gasteiger partial charge in [0.2, 0.25) is 0 Å². The molecule has 1 amide bonds. The highest BCUT2D eigenvalue weighted by Gasteiger charge is 2.02. The standard InChI is InChI=1S/C5H8ClNO/c1-3-7(4-2)5(6)8/h1-4H2. The van der Waals surface area contributed by atoms with E-state index in [0.29, 0.717) is 13.1 Å². The van der Waals surface area contributed by atoms with Crippen LogP contribution in [0.5, 0.6) is 0 Å². The van der Waals surface area contributed by atoms with E-state index in [1.165, 1.54) is 4.90 Å². The van der Waals surface area contributed by atoms with Crippen molar-refractivity contribution in [2.45, 2.75) is 0 Å². The van der Waals surface area contributed by atoms with Gasteiger partial charge < -0.3 is 4.90 Å². The Labute approximate surface area is 54.4 Å². The first-order chi connectivity index (χ1) is 3.72. The van der Waals surface area contributed by atoms with Crippen LogP contribution in [0.25, 0.3) is 0 Å². The second-order valence-corrected chi connectivity index (χ2v) is 1.56. The topological polar surface area (TPSA) is 20.3 Å². The molecule has 2 nitrogen and oxygen atoms in total. The summed E-state index contributed by atoms with van der Waals surface area (Å²) in [5.41, 5.74) is 0. The van der Waals surface area contributed by atoms with Crippen LogP contribution in [0.15, 0.2) is 0 Å². The van der Waals surface area contributed by atoms with Crippen LogP contribution in [0.2, 0.25) is 0 Å². The van der Waals surface area contributed by atoms with Gasteiger partial charge in [-0.1, -0.05) is 0 Å². The normalized spacial score (nSPS) is 8.88. The summed E-state index contributed by atoms with van der Waals surface area (Å²) >= 11 is 5.05. The van der Waals surface area contributed by atoms with Crippen LogP contribution in [0.3, 0.4) is 0 Å². The van der Waals surface area contributed by atoms with Crippen molar-refractivity contribution < 1.29 is 4.79 Å². The third-order valence-corrected chi connectivity index (χ3v) is 1.03. The molecule has 3 heteroatoms. The number of amides is 1. The molecular weight excluding hydrogens is 126 g/mol. The van der Waals surface area contributed by atoms with Crippen LogP contribution in [0.1, 0.15) is 0 Å². The SMILES string of the molecule is [CH2]CN(C[CH2])C(=O)Cl. The zero-order valence-electron chi connectivity index (χ0n) is 4.56. The second-order valence-electron chi connectivity index (χ2n) is 1.24. The van der Waals surface area contributed by atoms with Crippen LogP contribution in [-0.4, -0.2) is 23.4 Å². The molecule has 0 N–H and O–H groups in total. The zero-order valence-corrected chi connectivity index (χ0v) is 5.32. The summed E-state index contributed by atoms with van der Waals surface area (Å²) < 4.78 is 0. The minimum absolute atomic E-state index is 0.381. The van der Waals surface area contributed by atoms with Crippen molar-refractivity contribution in [3.63, 3.8) is 0 Å². The van der Waals surface area contributed by atoms with E-state index in [2.05, 4.69) is 13.8 Å². The highest BCUT2D eigenvalue weighted by atomic mass is 35.5. The Balaban J connectivity index is 3.52. The number of carbonyl (C=O) groups excluding carboxylic acids is 1. The van der Waals surface area contributed by atoms with Gasteiger partial charge in [-0.2, -0.15) is 0 Å². The zero-order chi connectivity index (χ0) is 6.57. The second kappa shape index (κ2) is 3.72. The van der Waals surface area contributed by atoms with E-state index < -0.39 is 5.37 Å². The van der Waals surface area contributed by atoms with Gasteiger partial charge in [-0.3, -0.25) is 4.79 Å². The molecule has 0 aliphatic rings. The third-order valence-electron chi connectivity index (χ3n) is 0.788. The van der Waals surface area contributed by atoms with Gasteiger partial charge in [0.25, 0.3) is 0 Å². The lowest BCUT2D eigenvalue weighted by Gasteiger charge is -2.12. The average Bonchev–Trinajstić information content (AvgIpc) is 1.69. The summed E-state index contributed by atoms with van der Waals surface area (Å²) in [5.74, 6) is 0. The number of carbonyl (C=O) groups is 1. The van der Waals surface area contributed by atoms with Crippen LogP contribution >= 0.6 is 11.6 Å². The maximum Gasteiger partial charge on any atom is 0.316 e. The fourth-order valence-electron chi connectivity index (χ4n) is 0.288. The summed E-state index contributed by atoms with van der Waals surface area (Å²) in [6.07, 6.45) is 0. The highest BCUT2D eigenvalue weighted by molar-refractivity contribution is 6.62. The minimum Gasteiger partial charge on any atom is -0.329 e. The molecule has 0 aromatic heterocycles. The third kappa shape index (κ3) is 2.17. The average molecular weight is 134 g/mol. The van der Waals surface area contributed by atoms with Crippen LogP contribution in [0.4, 0.5) is 4.79 Å². The molecule has 0 saturated carbocycles. The minimum atomic E-state index is -0.491. The predicted molar refractivity (Wildman–Crippen MR) is 33.5 cm³/mol. The molecule has 0 rings (SSSR count). The van der Waals surface area contributed by atoms with Gasteiger partial charge in [-0.15, -0.1) is 0 Å². The summed E-state index contributed by atoms with van der Waals surface area (Å²) in [5, 5.41) is -0.491. The Morgan fingerprint density at radius 1 is 1.50 bits per heavy atom. The first kappa shape index (κ1) is 7.76. The Morgan fingerprint density at radius 2 is 1.88 bits per heavy atom. The van der Waals surface area contributed by atoms with E-state index in [9.17, 15) is 4.79 Å². The van der Waals surface area contributed by atoms with E-state index in [1.54, 1.807) is 0 Å². The molecule has 0 aromatic rings. The van der Waals surface area contributed by atoms with E-state index in [-0.39, 0.29) is 0 Å². The molecule has 0 heterocycles. The smallest absolute Gasteiger partial charge is 0.316 e. The lowest BCUT2D eigenvalue weighted by molar-refractivity contribution is 0.231. The molecule has 2 radical (unpaired) electrons. The van der Waals surface area contributed by atoms with Gasteiger partial charge in [0.15, 0.2) is 0 Å². The highest BCUT2D eigenvalue weighted by Crippen LogP contribution is 1.92. The summed E-state index contributed by atoms with van der Waals surface area (Å²) in [6.45, 7) is 7.68. The lowest BCUT2D eigenvalue weighted by Crippen LogP contribution is -2.25. The van der Waals surface area contributed by atoms with Gasteiger partial charge in [-0.25, -0.2) is 0 Å². The van der Waals surface area contributed by atoms with Crippen molar-refractivity contribution in [2.24, 2.45) is 0 Å². The summed E-state index contributed by atoms with van der Waals surface area (Å²) in [4.78, 5) is 11.5. The molecule has 8 heavy (non-hydrogen) atoms. The van der Waals surface area contributed by atoms with E-state index in [0.717, 1.165) is 0 Å². The lowest BCUT2D eigenvalue weighted by atomic mass is 10.6. The Morgan fingerprint density at radius 3 is 1.88 bits per heavy atom. The van der Waals surface area contributed by atoms with Crippen molar-refractivity contribution in [3.05, 3.63) is 13.8 Å². The van der Waals surface area contributed by atoms with Gasteiger partial charge >= 0.3 is 5.37 Å². The molecule has 0 aliphatic heterocycles. The van der Waals surface area contributed by atoms with Crippen molar-refractivity contribution in [3.8, 4) is 0 Å². The number of rotatable bonds is 2. The van der Waals surface area contributed by atoms with Crippen LogP contribution in [0, 0.1) is 13.8 Å². The van der Waals surface area contributed by atoms with E-state index in [1.807, 2.05) is 0 Å². The van der Waals surface area contributed by atoms with Gasteiger partial charge in [-0.05, 0) is 25.4 Å². The number of nitrogens with zero attached hydrogens (tertiary/aromatic N) is 1. The Kier molecular flexibility index (Phi) is 3.61. The summed E-state index contributed by atoms with van der Waals surface area (Å²) in [7, 11) is 0. The van der Waals surface area contributed by atoms with Crippen molar-refractivity contribution in [1.29, 1.82) is 0 Å². The summed E-state index contributed by atoms with van der Waals surface area (Å²) in [6, 6.07) is 0. The number of halogens is 1. The fraction of sp³-hybridized carbons (Fsp3) is 0.400. The molecule has 0 fully saturated rings. The van der Waals surface area contributed by atoms with Gasteiger partial charge in [0.05, 0.1) is 0 Å². The quantitative estimate of drug-likeness (QED) is 0.411. The molecule has 0 bridgehead atoms. The molecule has 46 valence electrons. The Bertz CT molecular complexity index is 80.5. The number of hydrogen-bond acceptors (Lipinski definition) is 1. The first-order valence-corrected chi connectivity index (χ1v) is 2.63. The van der Waals surface area contributed by atoms with Crippen LogP contribution < -0.4 is 0 Å². The van der Waals surface area contributed by atoms with Crippen molar-refractivity contribution >= 4 is 17.0 Å². The molecule has 0 saturated heterocycles. The fourth-order valence-corrected chi connectivity index (χ4v) is 0.457. The van der Waals surface area contributed by atoms with Gasteiger partial charge in [0, 0.05) is 13.1 Å². The molecule has 0 aliphatic carbocycles. The van der Waals surface area contributed by atoms with Crippen LogP contribution in [-0.2, 0) is 0 Å². The Hall–Kier alpha value is -0.240. The van der Waals surface area contributed by atoms with Gasteiger partial charge in [0.1, 0.15) is 0 Å². The first-order valence-electron chi connectivity index (χ1n) is 2.25. The number of hydrogen-bond donors (Lipinski definition) is 0. The largest absolute Gasteiger partial charge is 0.329 e.